The summed E-state index contributed by atoms with van der Waals surface area (Å²) in [7, 11) is 0. The largest absolute Gasteiger partial charge is 0.381 e. The number of hydrogen-bond acceptors (Lipinski definition) is 4. The number of hydrogen-bond donors (Lipinski definition) is 4. The van der Waals surface area contributed by atoms with Crippen LogP contribution in [0.4, 0.5) is 11.4 Å². The van der Waals surface area contributed by atoms with Crippen molar-refractivity contribution < 1.29 is 9.59 Å². The van der Waals surface area contributed by atoms with Crippen LogP contribution in [0.2, 0.25) is 0 Å². The fourth-order valence-electron chi connectivity index (χ4n) is 2.04. The molecule has 4 N–H and O–H groups in total. The molecule has 0 saturated carbocycles. The molecule has 6 nitrogen and oxygen atoms in total. The molecule has 20 heavy (non-hydrogen) atoms. The second-order valence-corrected chi connectivity index (χ2v) is 5.06. The SMILES string of the molecule is CC(C)NC(=O)CNC(=O)C1CNc2ccccc2N1. The number of para-hydroxylation sites is 2. The molecular weight excluding hydrogens is 256 g/mol. The maximum atomic E-state index is 12.0. The summed E-state index contributed by atoms with van der Waals surface area (Å²) >= 11 is 0. The third-order valence-corrected chi connectivity index (χ3v) is 2.94. The van der Waals surface area contributed by atoms with Crippen molar-refractivity contribution in [1.29, 1.82) is 0 Å². The van der Waals surface area contributed by atoms with Crippen molar-refractivity contribution in [3.05, 3.63) is 24.3 Å². The van der Waals surface area contributed by atoms with Crippen molar-refractivity contribution in [2.24, 2.45) is 0 Å². The lowest BCUT2D eigenvalue weighted by Gasteiger charge is -2.27. The number of amides is 2. The van der Waals surface area contributed by atoms with Gasteiger partial charge in [-0.25, -0.2) is 0 Å². The Kier molecular flexibility index (Phi) is 4.45. The summed E-state index contributed by atoms with van der Waals surface area (Å²) < 4.78 is 0. The smallest absolute Gasteiger partial charge is 0.244 e. The molecule has 1 atom stereocenters. The predicted octanol–water partition coefficient (Wildman–Crippen LogP) is 0.533. The van der Waals surface area contributed by atoms with E-state index in [2.05, 4.69) is 21.3 Å². The summed E-state index contributed by atoms with van der Waals surface area (Å²) in [6.45, 7) is 4.25. The van der Waals surface area contributed by atoms with Crippen molar-refractivity contribution >= 4 is 23.2 Å². The Morgan fingerprint density at radius 3 is 2.70 bits per heavy atom. The van der Waals surface area contributed by atoms with E-state index in [9.17, 15) is 9.59 Å². The highest BCUT2D eigenvalue weighted by atomic mass is 16.2. The minimum atomic E-state index is -0.378. The van der Waals surface area contributed by atoms with Gasteiger partial charge in [-0.05, 0) is 26.0 Å². The van der Waals surface area contributed by atoms with E-state index in [-0.39, 0.29) is 30.4 Å². The summed E-state index contributed by atoms with van der Waals surface area (Å²) in [6, 6.07) is 7.39. The topological polar surface area (TPSA) is 82.3 Å². The van der Waals surface area contributed by atoms with Gasteiger partial charge in [-0.15, -0.1) is 0 Å². The molecule has 0 bridgehead atoms. The van der Waals surface area contributed by atoms with E-state index in [1.807, 2.05) is 38.1 Å². The molecule has 0 saturated heterocycles. The Morgan fingerprint density at radius 1 is 1.30 bits per heavy atom. The lowest BCUT2D eigenvalue weighted by Crippen LogP contribution is -2.49. The number of rotatable bonds is 4. The monoisotopic (exact) mass is 276 g/mol. The third kappa shape index (κ3) is 3.63. The van der Waals surface area contributed by atoms with Crippen LogP contribution in [0, 0.1) is 0 Å². The highest BCUT2D eigenvalue weighted by Gasteiger charge is 2.23. The van der Waals surface area contributed by atoms with Gasteiger partial charge in [0.15, 0.2) is 0 Å². The van der Waals surface area contributed by atoms with Crippen LogP contribution in [0.25, 0.3) is 0 Å². The second-order valence-electron chi connectivity index (χ2n) is 5.06. The van der Waals surface area contributed by atoms with Gasteiger partial charge in [0.1, 0.15) is 6.04 Å². The van der Waals surface area contributed by atoms with Gasteiger partial charge < -0.3 is 21.3 Å². The molecule has 2 amide bonds. The number of carbonyl (C=O) groups is 2. The number of anilines is 2. The summed E-state index contributed by atoms with van der Waals surface area (Å²) in [4.78, 5) is 23.5. The quantitative estimate of drug-likeness (QED) is 0.647. The van der Waals surface area contributed by atoms with Crippen LogP contribution < -0.4 is 21.3 Å². The molecule has 1 aromatic carbocycles. The average Bonchev–Trinajstić information content (AvgIpc) is 2.43. The zero-order valence-corrected chi connectivity index (χ0v) is 11.7. The fraction of sp³-hybridized carbons (Fsp3) is 0.429. The molecular formula is C14H20N4O2. The molecule has 0 radical (unpaired) electrons. The molecule has 2 rings (SSSR count). The first-order valence-corrected chi connectivity index (χ1v) is 6.73. The highest BCUT2D eigenvalue weighted by molar-refractivity contribution is 5.91. The maximum Gasteiger partial charge on any atom is 0.244 e. The van der Waals surface area contributed by atoms with Crippen LogP contribution in [0.15, 0.2) is 24.3 Å². The van der Waals surface area contributed by atoms with E-state index in [4.69, 9.17) is 0 Å². The number of nitrogens with one attached hydrogen (secondary N) is 4. The van der Waals surface area contributed by atoms with E-state index in [0.717, 1.165) is 11.4 Å². The van der Waals surface area contributed by atoms with Crippen LogP contribution in [-0.4, -0.2) is 37.0 Å². The van der Waals surface area contributed by atoms with Gasteiger partial charge in [-0.3, -0.25) is 9.59 Å². The van der Waals surface area contributed by atoms with E-state index >= 15 is 0 Å². The Hall–Kier alpha value is -2.24. The van der Waals surface area contributed by atoms with Crippen molar-refractivity contribution in [3.63, 3.8) is 0 Å². The van der Waals surface area contributed by atoms with Gasteiger partial charge in [0.05, 0.1) is 17.9 Å². The van der Waals surface area contributed by atoms with E-state index < -0.39 is 0 Å². The Morgan fingerprint density at radius 2 is 2.00 bits per heavy atom. The van der Waals surface area contributed by atoms with E-state index in [1.165, 1.54) is 0 Å². The first kappa shape index (κ1) is 14.2. The van der Waals surface area contributed by atoms with Gasteiger partial charge in [-0.1, -0.05) is 12.1 Å². The summed E-state index contributed by atoms with van der Waals surface area (Å²) in [6.07, 6.45) is 0. The molecule has 0 fully saturated rings. The number of benzene rings is 1. The second kappa shape index (κ2) is 6.27. The van der Waals surface area contributed by atoms with Gasteiger partial charge >= 0.3 is 0 Å². The Balaban J connectivity index is 1.84. The summed E-state index contributed by atoms with van der Waals surface area (Å²) in [5.74, 6) is -0.372. The lowest BCUT2D eigenvalue weighted by molar-refractivity contribution is -0.126. The third-order valence-electron chi connectivity index (χ3n) is 2.94. The number of carbonyl (C=O) groups excluding carboxylic acids is 2. The fourth-order valence-corrected chi connectivity index (χ4v) is 2.04. The normalized spacial score (nSPS) is 16.6. The zero-order valence-electron chi connectivity index (χ0n) is 11.7. The summed E-state index contributed by atoms with van der Waals surface area (Å²) in [5, 5.41) is 11.7. The molecule has 0 aliphatic carbocycles. The molecule has 1 aliphatic heterocycles. The van der Waals surface area contributed by atoms with Gasteiger partial charge in [0.25, 0.3) is 0 Å². The van der Waals surface area contributed by atoms with Crippen molar-refractivity contribution in [2.75, 3.05) is 23.7 Å². The lowest BCUT2D eigenvalue weighted by atomic mass is 10.1. The van der Waals surface area contributed by atoms with Crippen LogP contribution in [0.1, 0.15) is 13.8 Å². The number of fused-ring (bicyclic) bond motifs is 1. The van der Waals surface area contributed by atoms with Gasteiger partial charge in [-0.2, -0.15) is 0 Å². The van der Waals surface area contributed by atoms with Crippen LogP contribution in [0.5, 0.6) is 0 Å². The van der Waals surface area contributed by atoms with Gasteiger partial charge in [0.2, 0.25) is 11.8 Å². The summed E-state index contributed by atoms with van der Waals surface area (Å²) in [5.41, 5.74) is 1.87. The zero-order chi connectivity index (χ0) is 14.5. The molecule has 1 aromatic rings. The van der Waals surface area contributed by atoms with Crippen LogP contribution in [0.3, 0.4) is 0 Å². The molecule has 108 valence electrons. The van der Waals surface area contributed by atoms with Crippen molar-refractivity contribution in [2.45, 2.75) is 25.9 Å². The average molecular weight is 276 g/mol. The highest BCUT2D eigenvalue weighted by Crippen LogP contribution is 2.24. The predicted molar refractivity (Wildman–Crippen MR) is 78.6 cm³/mol. The van der Waals surface area contributed by atoms with E-state index in [1.54, 1.807) is 0 Å². The first-order valence-electron chi connectivity index (χ1n) is 6.73. The Labute approximate surface area is 118 Å². The van der Waals surface area contributed by atoms with E-state index in [0.29, 0.717) is 6.54 Å². The van der Waals surface area contributed by atoms with Crippen molar-refractivity contribution in [3.8, 4) is 0 Å². The molecule has 1 unspecified atom stereocenters. The van der Waals surface area contributed by atoms with Gasteiger partial charge in [0, 0.05) is 12.6 Å². The van der Waals surface area contributed by atoms with Crippen LogP contribution >= 0.6 is 0 Å². The van der Waals surface area contributed by atoms with Crippen LogP contribution in [-0.2, 0) is 9.59 Å². The molecule has 1 heterocycles. The first-order chi connectivity index (χ1) is 9.56. The molecule has 0 aromatic heterocycles. The molecule has 0 spiro atoms. The van der Waals surface area contributed by atoms with Crippen molar-refractivity contribution in [1.82, 2.24) is 10.6 Å². The minimum Gasteiger partial charge on any atom is -0.381 e. The molecule has 6 heteroatoms. The maximum absolute atomic E-state index is 12.0. The Bertz CT molecular complexity index is 502. The standard InChI is InChI=1S/C14H20N4O2/c1-9(2)17-13(19)8-16-14(20)12-7-15-10-5-3-4-6-11(10)18-12/h3-6,9,12,15,18H,7-8H2,1-2H3,(H,16,20)(H,17,19). The molecule has 1 aliphatic rings. The minimum absolute atomic E-state index is 0.00313.